The minimum atomic E-state index is -0.628. The van der Waals surface area contributed by atoms with E-state index in [-0.39, 0.29) is 11.8 Å². The molecule has 1 heterocycles. The van der Waals surface area contributed by atoms with Gasteiger partial charge in [0.1, 0.15) is 6.04 Å². The van der Waals surface area contributed by atoms with Crippen LogP contribution in [-0.4, -0.2) is 27.6 Å². The molecule has 0 fully saturated rings. The number of amides is 2. The quantitative estimate of drug-likeness (QED) is 0.677. The molecule has 6 nitrogen and oxygen atoms in total. The van der Waals surface area contributed by atoms with Crippen molar-refractivity contribution in [1.29, 1.82) is 0 Å². The van der Waals surface area contributed by atoms with Crippen molar-refractivity contribution in [2.45, 2.75) is 26.1 Å². The summed E-state index contributed by atoms with van der Waals surface area (Å²) in [7, 11) is 0. The van der Waals surface area contributed by atoms with Crippen molar-refractivity contribution in [3.8, 4) is 0 Å². The van der Waals surface area contributed by atoms with Crippen LogP contribution in [0.5, 0.6) is 0 Å². The number of carbonyl (C=O) groups is 2. The number of carbonyl (C=O) groups excluding carboxylic acids is 2. The van der Waals surface area contributed by atoms with Crippen LogP contribution in [0.15, 0.2) is 73.1 Å². The molecule has 1 atom stereocenters. The van der Waals surface area contributed by atoms with E-state index in [9.17, 15) is 9.59 Å². The molecule has 6 heteroatoms. The van der Waals surface area contributed by atoms with Gasteiger partial charge in [0.2, 0.25) is 5.91 Å². The maximum Gasteiger partial charge on any atom is 0.251 e. The van der Waals surface area contributed by atoms with E-state index >= 15 is 0 Å². The first-order valence-electron chi connectivity index (χ1n) is 8.80. The second kappa shape index (κ2) is 8.80. The second-order valence-electron chi connectivity index (χ2n) is 6.31. The van der Waals surface area contributed by atoms with Crippen molar-refractivity contribution in [2.24, 2.45) is 0 Å². The van der Waals surface area contributed by atoms with Crippen LogP contribution in [0.25, 0.3) is 0 Å². The van der Waals surface area contributed by atoms with Gasteiger partial charge in [0.25, 0.3) is 5.91 Å². The Morgan fingerprint density at radius 3 is 2.37 bits per heavy atom. The Hall–Kier alpha value is -3.41. The fraction of sp³-hybridized carbons (Fsp3) is 0.190. The van der Waals surface area contributed by atoms with Crippen LogP contribution in [0, 0.1) is 0 Å². The summed E-state index contributed by atoms with van der Waals surface area (Å²) in [4.78, 5) is 24.3. The zero-order valence-electron chi connectivity index (χ0n) is 15.1. The summed E-state index contributed by atoms with van der Waals surface area (Å²) in [5.41, 5.74) is 2.59. The predicted molar refractivity (Wildman–Crippen MR) is 103 cm³/mol. The third-order valence-corrected chi connectivity index (χ3v) is 4.12. The number of nitrogens with zero attached hydrogens (tertiary/aromatic N) is 2. The van der Waals surface area contributed by atoms with Crippen molar-refractivity contribution >= 4 is 11.8 Å². The van der Waals surface area contributed by atoms with Gasteiger partial charge in [0.15, 0.2) is 0 Å². The van der Waals surface area contributed by atoms with Gasteiger partial charge < -0.3 is 10.6 Å². The van der Waals surface area contributed by atoms with Crippen molar-refractivity contribution < 1.29 is 9.59 Å². The molecule has 138 valence electrons. The summed E-state index contributed by atoms with van der Waals surface area (Å²) in [5, 5.41) is 9.84. The minimum Gasteiger partial charge on any atom is -0.350 e. The zero-order chi connectivity index (χ0) is 19.1. The first-order chi connectivity index (χ1) is 13.1. The summed E-state index contributed by atoms with van der Waals surface area (Å²) in [6, 6.07) is 18.2. The molecule has 3 aromatic rings. The van der Waals surface area contributed by atoms with Crippen LogP contribution in [0.1, 0.15) is 28.4 Å². The van der Waals surface area contributed by atoms with Crippen LogP contribution in [-0.2, 0) is 17.9 Å². The number of rotatable bonds is 7. The highest BCUT2D eigenvalue weighted by Gasteiger charge is 2.16. The van der Waals surface area contributed by atoms with Crippen molar-refractivity contribution in [1.82, 2.24) is 20.4 Å². The summed E-state index contributed by atoms with van der Waals surface area (Å²) in [6.45, 7) is 2.70. The summed E-state index contributed by atoms with van der Waals surface area (Å²) in [6.07, 6.45) is 3.64. The van der Waals surface area contributed by atoms with E-state index in [2.05, 4.69) is 15.7 Å². The van der Waals surface area contributed by atoms with Crippen LogP contribution < -0.4 is 10.6 Å². The van der Waals surface area contributed by atoms with E-state index in [1.807, 2.05) is 47.3 Å². The molecule has 2 N–H and O–H groups in total. The lowest BCUT2D eigenvalue weighted by Gasteiger charge is -2.13. The Morgan fingerprint density at radius 2 is 1.67 bits per heavy atom. The topological polar surface area (TPSA) is 76.0 Å². The van der Waals surface area contributed by atoms with Crippen LogP contribution >= 0.6 is 0 Å². The molecule has 1 aromatic heterocycles. The van der Waals surface area contributed by atoms with Crippen molar-refractivity contribution in [2.75, 3.05) is 0 Å². The van der Waals surface area contributed by atoms with E-state index in [1.165, 1.54) is 0 Å². The Bertz CT molecular complexity index is 891. The standard InChI is InChI=1S/C21H22N4O2/c1-16(24-21(27)19-10-6-3-7-11-19)20(26)22-12-18-13-23-25(15-18)14-17-8-4-2-5-9-17/h2-11,13,15-16H,12,14H2,1H3,(H,22,26)(H,24,27). The molecule has 2 amide bonds. The number of benzene rings is 2. The summed E-state index contributed by atoms with van der Waals surface area (Å²) in [5.74, 6) is -0.510. The van der Waals surface area contributed by atoms with Gasteiger partial charge in [0, 0.05) is 23.9 Å². The van der Waals surface area contributed by atoms with Crippen molar-refractivity contribution in [3.05, 3.63) is 89.7 Å². The Kier molecular flexibility index (Phi) is 5.99. The fourth-order valence-electron chi connectivity index (χ4n) is 2.63. The molecular formula is C21H22N4O2. The Labute approximate surface area is 158 Å². The van der Waals surface area contributed by atoms with Crippen molar-refractivity contribution in [3.63, 3.8) is 0 Å². The molecule has 27 heavy (non-hydrogen) atoms. The van der Waals surface area contributed by atoms with Gasteiger partial charge >= 0.3 is 0 Å². The number of hydrogen-bond acceptors (Lipinski definition) is 3. The molecule has 1 unspecified atom stereocenters. The largest absolute Gasteiger partial charge is 0.350 e. The van der Waals surface area contributed by atoms with Crippen LogP contribution in [0.3, 0.4) is 0 Å². The average Bonchev–Trinajstić information content (AvgIpc) is 3.14. The molecule has 0 saturated carbocycles. The van der Waals surface area contributed by atoms with Crippen LogP contribution in [0.4, 0.5) is 0 Å². The van der Waals surface area contributed by atoms with Gasteiger partial charge in [-0.05, 0) is 24.6 Å². The molecule has 0 spiro atoms. The van der Waals surface area contributed by atoms with E-state index in [1.54, 1.807) is 37.4 Å². The molecule has 3 rings (SSSR count). The van der Waals surface area contributed by atoms with Gasteiger partial charge in [-0.3, -0.25) is 14.3 Å². The third-order valence-electron chi connectivity index (χ3n) is 4.12. The first-order valence-corrected chi connectivity index (χ1v) is 8.80. The number of nitrogens with one attached hydrogen (secondary N) is 2. The predicted octanol–water partition coefficient (Wildman–Crippen LogP) is 2.37. The molecule has 0 aliphatic carbocycles. The molecular weight excluding hydrogens is 340 g/mol. The maximum absolute atomic E-state index is 12.2. The Balaban J connectivity index is 1.48. The molecule has 2 aromatic carbocycles. The molecule has 0 aliphatic heterocycles. The maximum atomic E-state index is 12.2. The second-order valence-corrected chi connectivity index (χ2v) is 6.31. The lowest BCUT2D eigenvalue weighted by atomic mass is 10.2. The van der Waals surface area contributed by atoms with E-state index < -0.39 is 6.04 Å². The monoisotopic (exact) mass is 362 g/mol. The van der Waals surface area contributed by atoms with Crippen LogP contribution in [0.2, 0.25) is 0 Å². The SMILES string of the molecule is CC(NC(=O)c1ccccc1)C(=O)NCc1cnn(Cc2ccccc2)c1. The van der Waals surface area contributed by atoms with E-state index in [0.717, 1.165) is 11.1 Å². The third kappa shape index (κ3) is 5.28. The average molecular weight is 362 g/mol. The highest BCUT2D eigenvalue weighted by molar-refractivity contribution is 5.97. The number of hydrogen-bond donors (Lipinski definition) is 2. The van der Waals surface area contributed by atoms with Gasteiger partial charge in [-0.15, -0.1) is 0 Å². The number of aromatic nitrogens is 2. The molecule has 0 aliphatic rings. The van der Waals surface area contributed by atoms with Gasteiger partial charge in [0.05, 0.1) is 12.7 Å². The molecule has 0 saturated heterocycles. The van der Waals surface area contributed by atoms with E-state index in [0.29, 0.717) is 18.7 Å². The van der Waals surface area contributed by atoms with E-state index in [4.69, 9.17) is 0 Å². The lowest BCUT2D eigenvalue weighted by Crippen LogP contribution is -2.44. The van der Waals surface area contributed by atoms with Gasteiger partial charge in [-0.1, -0.05) is 48.5 Å². The highest BCUT2D eigenvalue weighted by Crippen LogP contribution is 2.04. The zero-order valence-corrected chi connectivity index (χ0v) is 15.1. The highest BCUT2D eigenvalue weighted by atomic mass is 16.2. The summed E-state index contributed by atoms with van der Waals surface area (Å²) < 4.78 is 1.83. The first kappa shape index (κ1) is 18.4. The fourth-order valence-corrected chi connectivity index (χ4v) is 2.63. The van der Waals surface area contributed by atoms with Gasteiger partial charge in [-0.2, -0.15) is 5.10 Å². The summed E-state index contributed by atoms with van der Waals surface area (Å²) >= 11 is 0. The van der Waals surface area contributed by atoms with Gasteiger partial charge in [-0.25, -0.2) is 0 Å². The Morgan fingerprint density at radius 1 is 1.00 bits per heavy atom. The molecule has 0 bridgehead atoms. The minimum absolute atomic E-state index is 0.241. The lowest BCUT2D eigenvalue weighted by molar-refractivity contribution is -0.122. The smallest absolute Gasteiger partial charge is 0.251 e. The normalized spacial score (nSPS) is 11.6. The molecule has 0 radical (unpaired) electrons.